The Bertz CT molecular complexity index is 910. The van der Waals surface area contributed by atoms with Gasteiger partial charge in [0.05, 0.1) is 4.90 Å². The Balaban J connectivity index is 2.05. The van der Waals surface area contributed by atoms with Gasteiger partial charge in [0.25, 0.3) is 0 Å². The van der Waals surface area contributed by atoms with E-state index in [1.807, 2.05) is 0 Å². The quantitative estimate of drug-likeness (QED) is 0.678. The first-order valence-electron chi connectivity index (χ1n) is 7.67. The van der Waals surface area contributed by atoms with E-state index in [2.05, 4.69) is 16.0 Å². The second kappa shape index (κ2) is 8.26. The van der Waals surface area contributed by atoms with Crippen molar-refractivity contribution >= 4 is 50.3 Å². The van der Waals surface area contributed by atoms with Gasteiger partial charge in [-0.05, 0) is 54.7 Å². The summed E-state index contributed by atoms with van der Waals surface area (Å²) in [6.45, 7) is 1.44. The van der Waals surface area contributed by atoms with E-state index < -0.39 is 10.0 Å². The Labute approximate surface area is 158 Å². The Kier molecular flexibility index (Phi) is 6.30. The van der Waals surface area contributed by atoms with Gasteiger partial charge in [0, 0.05) is 38.1 Å². The molecule has 0 aliphatic carbocycles. The summed E-state index contributed by atoms with van der Waals surface area (Å²) in [7, 11) is -0.557. The molecule has 9 heteroatoms. The average Bonchev–Trinajstić information content (AvgIpc) is 2.56. The van der Waals surface area contributed by atoms with Gasteiger partial charge in [-0.3, -0.25) is 4.79 Å². The molecular formula is C17H20N4O3S2. The SMILES string of the molecule is CC(=O)Nc1ccc(NC(=S)Nc2cccc(S(=O)(=O)N(C)C)c2)cc1. The van der Waals surface area contributed by atoms with E-state index in [-0.39, 0.29) is 10.8 Å². The zero-order valence-electron chi connectivity index (χ0n) is 14.6. The van der Waals surface area contributed by atoms with Crippen molar-refractivity contribution in [1.29, 1.82) is 0 Å². The fraction of sp³-hybridized carbons (Fsp3) is 0.176. The predicted molar refractivity (Wildman–Crippen MR) is 108 cm³/mol. The number of benzene rings is 2. The molecular weight excluding hydrogens is 372 g/mol. The van der Waals surface area contributed by atoms with E-state index in [1.165, 1.54) is 33.2 Å². The molecule has 0 saturated carbocycles. The summed E-state index contributed by atoms with van der Waals surface area (Å²) in [5.41, 5.74) is 1.97. The standard InChI is InChI=1S/C17H20N4O3S2/c1-12(22)18-13-7-9-14(10-8-13)19-17(25)20-15-5-4-6-16(11-15)26(23,24)21(2)3/h4-11H,1-3H3,(H,18,22)(H2,19,20,25). The fourth-order valence-electron chi connectivity index (χ4n) is 2.08. The van der Waals surface area contributed by atoms with E-state index in [0.29, 0.717) is 16.5 Å². The molecule has 0 bridgehead atoms. The molecule has 0 spiro atoms. The molecule has 138 valence electrons. The van der Waals surface area contributed by atoms with Crippen molar-refractivity contribution in [2.24, 2.45) is 0 Å². The van der Waals surface area contributed by atoms with Gasteiger partial charge in [-0.25, -0.2) is 12.7 Å². The number of hydrogen-bond acceptors (Lipinski definition) is 4. The minimum Gasteiger partial charge on any atom is -0.332 e. The van der Waals surface area contributed by atoms with Crippen molar-refractivity contribution < 1.29 is 13.2 Å². The van der Waals surface area contributed by atoms with E-state index in [1.54, 1.807) is 36.4 Å². The first-order valence-corrected chi connectivity index (χ1v) is 9.51. The van der Waals surface area contributed by atoms with E-state index in [4.69, 9.17) is 12.2 Å². The Morgan fingerprint density at radius 1 is 0.923 bits per heavy atom. The van der Waals surface area contributed by atoms with Crippen molar-refractivity contribution in [2.45, 2.75) is 11.8 Å². The van der Waals surface area contributed by atoms with Gasteiger partial charge >= 0.3 is 0 Å². The number of carbonyl (C=O) groups excluding carboxylic acids is 1. The minimum absolute atomic E-state index is 0.143. The van der Waals surface area contributed by atoms with Crippen molar-refractivity contribution in [1.82, 2.24) is 4.31 Å². The zero-order chi connectivity index (χ0) is 19.3. The first kappa shape index (κ1) is 19.8. The van der Waals surface area contributed by atoms with Crippen LogP contribution in [-0.4, -0.2) is 37.8 Å². The molecule has 2 aromatic carbocycles. The summed E-state index contributed by atoms with van der Waals surface area (Å²) in [5, 5.41) is 8.95. The molecule has 0 radical (unpaired) electrons. The molecule has 1 amide bonds. The third-order valence-electron chi connectivity index (χ3n) is 3.33. The van der Waals surface area contributed by atoms with Crippen LogP contribution in [-0.2, 0) is 14.8 Å². The maximum atomic E-state index is 12.2. The lowest BCUT2D eigenvalue weighted by atomic mass is 10.3. The number of anilines is 3. The lowest BCUT2D eigenvalue weighted by molar-refractivity contribution is -0.114. The van der Waals surface area contributed by atoms with Crippen LogP contribution in [0.25, 0.3) is 0 Å². The second-order valence-corrected chi connectivity index (χ2v) is 8.21. The summed E-state index contributed by atoms with van der Waals surface area (Å²) in [6.07, 6.45) is 0. The molecule has 0 atom stereocenters. The summed E-state index contributed by atoms with van der Waals surface area (Å²) < 4.78 is 25.5. The highest BCUT2D eigenvalue weighted by Gasteiger charge is 2.17. The van der Waals surface area contributed by atoms with Crippen molar-refractivity contribution in [3.8, 4) is 0 Å². The highest BCUT2D eigenvalue weighted by Crippen LogP contribution is 2.19. The van der Waals surface area contributed by atoms with Crippen LogP contribution in [0, 0.1) is 0 Å². The summed E-state index contributed by atoms with van der Waals surface area (Å²) >= 11 is 5.26. The van der Waals surface area contributed by atoms with Gasteiger partial charge in [-0.1, -0.05) is 6.07 Å². The van der Waals surface area contributed by atoms with Crippen molar-refractivity contribution in [2.75, 3.05) is 30.0 Å². The molecule has 0 aromatic heterocycles. The van der Waals surface area contributed by atoms with E-state index in [0.717, 1.165) is 9.99 Å². The van der Waals surface area contributed by atoms with Gasteiger partial charge in [0.15, 0.2) is 5.11 Å². The summed E-state index contributed by atoms with van der Waals surface area (Å²) in [6, 6.07) is 13.4. The van der Waals surface area contributed by atoms with Gasteiger partial charge in [-0.2, -0.15) is 0 Å². The molecule has 26 heavy (non-hydrogen) atoms. The number of nitrogens with one attached hydrogen (secondary N) is 3. The molecule has 2 aromatic rings. The van der Waals surface area contributed by atoms with Crippen LogP contribution < -0.4 is 16.0 Å². The van der Waals surface area contributed by atoms with Gasteiger partial charge in [-0.15, -0.1) is 0 Å². The highest BCUT2D eigenvalue weighted by atomic mass is 32.2. The van der Waals surface area contributed by atoms with Crippen LogP contribution in [0.2, 0.25) is 0 Å². The molecule has 3 N–H and O–H groups in total. The Morgan fingerprint density at radius 2 is 1.46 bits per heavy atom. The lowest BCUT2D eigenvalue weighted by Gasteiger charge is -2.14. The topological polar surface area (TPSA) is 90.5 Å². The third-order valence-corrected chi connectivity index (χ3v) is 5.35. The normalized spacial score (nSPS) is 11.1. The largest absolute Gasteiger partial charge is 0.332 e. The average molecular weight is 393 g/mol. The number of thiocarbonyl (C=S) groups is 1. The van der Waals surface area contributed by atoms with Crippen LogP contribution in [0.5, 0.6) is 0 Å². The molecule has 0 aliphatic heterocycles. The van der Waals surface area contributed by atoms with Gasteiger partial charge < -0.3 is 16.0 Å². The molecule has 0 unspecified atom stereocenters. The molecule has 0 saturated heterocycles. The van der Waals surface area contributed by atoms with Crippen molar-refractivity contribution in [3.05, 3.63) is 48.5 Å². The van der Waals surface area contributed by atoms with E-state index in [9.17, 15) is 13.2 Å². The predicted octanol–water partition coefficient (Wildman–Crippen LogP) is 2.70. The van der Waals surface area contributed by atoms with Gasteiger partial charge in [0.2, 0.25) is 15.9 Å². The van der Waals surface area contributed by atoms with Gasteiger partial charge in [0.1, 0.15) is 0 Å². The first-order chi connectivity index (χ1) is 12.2. The smallest absolute Gasteiger partial charge is 0.242 e. The lowest BCUT2D eigenvalue weighted by Crippen LogP contribution is -2.23. The second-order valence-electron chi connectivity index (χ2n) is 5.65. The minimum atomic E-state index is -3.51. The number of amides is 1. The molecule has 0 heterocycles. The highest BCUT2D eigenvalue weighted by molar-refractivity contribution is 7.89. The molecule has 0 fully saturated rings. The van der Waals surface area contributed by atoms with Crippen LogP contribution in [0.1, 0.15) is 6.92 Å². The van der Waals surface area contributed by atoms with E-state index >= 15 is 0 Å². The number of sulfonamides is 1. The molecule has 0 aliphatic rings. The number of hydrogen-bond donors (Lipinski definition) is 3. The fourth-order valence-corrected chi connectivity index (χ4v) is 3.26. The third kappa shape index (κ3) is 5.25. The van der Waals surface area contributed by atoms with Crippen molar-refractivity contribution in [3.63, 3.8) is 0 Å². The van der Waals surface area contributed by atoms with Crippen LogP contribution in [0.4, 0.5) is 17.1 Å². The summed E-state index contributed by atoms with van der Waals surface area (Å²) in [5.74, 6) is -0.143. The van der Waals surface area contributed by atoms with Crippen LogP contribution >= 0.6 is 12.2 Å². The van der Waals surface area contributed by atoms with Crippen LogP contribution in [0.3, 0.4) is 0 Å². The summed E-state index contributed by atoms with van der Waals surface area (Å²) in [4.78, 5) is 11.2. The molecule has 2 rings (SSSR count). The Morgan fingerprint density at radius 3 is 2.00 bits per heavy atom. The monoisotopic (exact) mass is 392 g/mol. The Hall–Kier alpha value is -2.49. The number of rotatable bonds is 5. The maximum Gasteiger partial charge on any atom is 0.242 e. The number of carbonyl (C=O) groups is 1. The zero-order valence-corrected chi connectivity index (χ0v) is 16.2. The number of nitrogens with zero attached hydrogens (tertiary/aromatic N) is 1. The maximum absolute atomic E-state index is 12.2. The van der Waals surface area contributed by atoms with Crippen LogP contribution in [0.15, 0.2) is 53.4 Å². The molecule has 7 nitrogen and oxygen atoms in total.